The fourth-order valence-corrected chi connectivity index (χ4v) is 3.13. The first-order valence-electron chi connectivity index (χ1n) is 6.22. The Labute approximate surface area is 118 Å². The molecule has 1 atom stereocenters. The lowest BCUT2D eigenvalue weighted by Gasteiger charge is -2.16. The molecule has 0 aliphatic rings. The van der Waals surface area contributed by atoms with E-state index >= 15 is 0 Å². The number of hydrogen-bond donors (Lipinski definition) is 1. The van der Waals surface area contributed by atoms with Crippen molar-refractivity contribution in [3.05, 3.63) is 53.6 Å². The molecule has 0 fully saturated rings. The SMILES string of the molecule is COc1cccc(Sc2ccccc2C)c1C(C)O. The summed E-state index contributed by atoms with van der Waals surface area (Å²) in [5, 5.41) is 9.97. The monoisotopic (exact) mass is 274 g/mol. The maximum absolute atomic E-state index is 9.97. The number of aliphatic hydroxyl groups excluding tert-OH is 1. The van der Waals surface area contributed by atoms with Crippen LogP contribution in [0.1, 0.15) is 24.2 Å². The van der Waals surface area contributed by atoms with Crippen molar-refractivity contribution >= 4 is 11.8 Å². The van der Waals surface area contributed by atoms with Crippen LogP contribution in [0.2, 0.25) is 0 Å². The topological polar surface area (TPSA) is 29.5 Å². The summed E-state index contributed by atoms with van der Waals surface area (Å²) >= 11 is 1.66. The minimum absolute atomic E-state index is 0.553. The van der Waals surface area contributed by atoms with E-state index in [0.717, 1.165) is 16.2 Å². The first-order valence-corrected chi connectivity index (χ1v) is 7.03. The van der Waals surface area contributed by atoms with Crippen LogP contribution in [0.4, 0.5) is 0 Å². The molecule has 19 heavy (non-hydrogen) atoms. The van der Waals surface area contributed by atoms with Crippen molar-refractivity contribution in [2.24, 2.45) is 0 Å². The Hall–Kier alpha value is -1.45. The zero-order valence-electron chi connectivity index (χ0n) is 11.4. The van der Waals surface area contributed by atoms with Gasteiger partial charge in [-0.15, -0.1) is 0 Å². The Morgan fingerprint density at radius 2 is 1.74 bits per heavy atom. The van der Waals surface area contributed by atoms with Crippen molar-refractivity contribution in [2.45, 2.75) is 29.7 Å². The molecule has 0 saturated heterocycles. The van der Waals surface area contributed by atoms with Crippen LogP contribution in [0.3, 0.4) is 0 Å². The molecule has 0 heterocycles. The summed E-state index contributed by atoms with van der Waals surface area (Å²) in [4.78, 5) is 2.22. The van der Waals surface area contributed by atoms with Gasteiger partial charge < -0.3 is 9.84 Å². The van der Waals surface area contributed by atoms with E-state index in [4.69, 9.17) is 4.74 Å². The second kappa shape index (κ2) is 6.13. The van der Waals surface area contributed by atoms with Crippen LogP contribution < -0.4 is 4.74 Å². The van der Waals surface area contributed by atoms with E-state index in [2.05, 4.69) is 19.1 Å². The Balaban J connectivity index is 2.43. The molecule has 0 radical (unpaired) electrons. The average molecular weight is 274 g/mol. The van der Waals surface area contributed by atoms with E-state index in [1.165, 1.54) is 10.5 Å². The molecular weight excluding hydrogens is 256 g/mol. The second-order valence-corrected chi connectivity index (χ2v) is 5.50. The van der Waals surface area contributed by atoms with Gasteiger partial charge in [-0.05, 0) is 37.6 Å². The largest absolute Gasteiger partial charge is 0.496 e. The number of aliphatic hydroxyl groups is 1. The molecule has 1 N–H and O–H groups in total. The van der Waals surface area contributed by atoms with Gasteiger partial charge >= 0.3 is 0 Å². The van der Waals surface area contributed by atoms with Gasteiger partial charge in [0.2, 0.25) is 0 Å². The van der Waals surface area contributed by atoms with Crippen molar-refractivity contribution in [1.29, 1.82) is 0 Å². The molecule has 0 aromatic heterocycles. The van der Waals surface area contributed by atoms with Gasteiger partial charge in [-0.25, -0.2) is 0 Å². The molecule has 2 aromatic rings. The predicted molar refractivity (Wildman–Crippen MR) is 78.9 cm³/mol. The van der Waals surface area contributed by atoms with E-state index < -0.39 is 6.10 Å². The third-order valence-electron chi connectivity index (χ3n) is 2.98. The molecular formula is C16H18O2S. The lowest BCUT2D eigenvalue weighted by molar-refractivity contribution is 0.191. The molecule has 100 valence electrons. The van der Waals surface area contributed by atoms with Gasteiger partial charge in [0, 0.05) is 15.4 Å². The van der Waals surface area contributed by atoms with Crippen LogP contribution >= 0.6 is 11.8 Å². The van der Waals surface area contributed by atoms with Crippen LogP contribution in [-0.2, 0) is 0 Å². The number of aryl methyl sites for hydroxylation is 1. The smallest absolute Gasteiger partial charge is 0.125 e. The fraction of sp³-hybridized carbons (Fsp3) is 0.250. The van der Waals surface area contributed by atoms with Crippen LogP contribution in [0.15, 0.2) is 52.3 Å². The molecule has 2 rings (SSSR count). The van der Waals surface area contributed by atoms with Gasteiger partial charge in [0.25, 0.3) is 0 Å². The first-order chi connectivity index (χ1) is 9.13. The fourth-order valence-electron chi connectivity index (χ4n) is 1.99. The summed E-state index contributed by atoms with van der Waals surface area (Å²) in [7, 11) is 1.63. The van der Waals surface area contributed by atoms with Crippen molar-refractivity contribution in [3.63, 3.8) is 0 Å². The summed E-state index contributed by atoms with van der Waals surface area (Å²) in [5.74, 6) is 0.730. The Morgan fingerprint density at radius 3 is 2.37 bits per heavy atom. The van der Waals surface area contributed by atoms with E-state index in [1.807, 2.05) is 30.3 Å². The number of methoxy groups -OCH3 is 1. The number of rotatable bonds is 4. The van der Waals surface area contributed by atoms with Gasteiger partial charge in [-0.3, -0.25) is 0 Å². The Morgan fingerprint density at radius 1 is 1.05 bits per heavy atom. The predicted octanol–water partition coefficient (Wildman–Crippen LogP) is 4.21. The molecule has 1 unspecified atom stereocenters. The summed E-state index contributed by atoms with van der Waals surface area (Å²) in [6.07, 6.45) is -0.553. The zero-order chi connectivity index (χ0) is 13.8. The summed E-state index contributed by atoms with van der Waals surface area (Å²) in [6.45, 7) is 3.85. The Kier molecular flexibility index (Phi) is 4.51. The number of benzene rings is 2. The van der Waals surface area contributed by atoms with E-state index in [9.17, 15) is 5.11 Å². The summed E-state index contributed by atoms with van der Waals surface area (Å²) in [5.41, 5.74) is 2.07. The molecule has 0 aliphatic carbocycles. The highest BCUT2D eigenvalue weighted by Crippen LogP contribution is 2.39. The Bertz CT molecular complexity index is 564. The molecule has 0 amide bonds. The summed E-state index contributed by atoms with van der Waals surface area (Å²) < 4.78 is 5.34. The van der Waals surface area contributed by atoms with Crippen LogP contribution in [-0.4, -0.2) is 12.2 Å². The normalized spacial score (nSPS) is 12.2. The third-order valence-corrected chi connectivity index (χ3v) is 4.23. The van der Waals surface area contributed by atoms with Gasteiger partial charge in [0.15, 0.2) is 0 Å². The molecule has 0 bridgehead atoms. The van der Waals surface area contributed by atoms with Gasteiger partial charge in [-0.2, -0.15) is 0 Å². The molecule has 0 spiro atoms. The van der Waals surface area contributed by atoms with Gasteiger partial charge in [0.1, 0.15) is 5.75 Å². The van der Waals surface area contributed by atoms with Crippen LogP contribution in [0.5, 0.6) is 5.75 Å². The van der Waals surface area contributed by atoms with Crippen LogP contribution in [0.25, 0.3) is 0 Å². The second-order valence-electron chi connectivity index (χ2n) is 4.42. The first kappa shape index (κ1) is 14.0. The average Bonchev–Trinajstić information content (AvgIpc) is 2.40. The highest BCUT2D eigenvalue weighted by molar-refractivity contribution is 7.99. The quantitative estimate of drug-likeness (QED) is 0.905. The molecule has 0 saturated carbocycles. The van der Waals surface area contributed by atoms with Crippen LogP contribution in [0, 0.1) is 6.92 Å². The lowest BCUT2D eigenvalue weighted by Crippen LogP contribution is -1.99. The highest BCUT2D eigenvalue weighted by Gasteiger charge is 2.15. The zero-order valence-corrected chi connectivity index (χ0v) is 12.2. The third kappa shape index (κ3) is 3.11. The minimum atomic E-state index is -0.553. The van der Waals surface area contributed by atoms with Gasteiger partial charge in [-0.1, -0.05) is 36.0 Å². The summed E-state index contributed by atoms with van der Waals surface area (Å²) in [6, 6.07) is 14.1. The van der Waals surface area contributed by atoms with Crippen molar-refractivity contribution < 1.29 is 9.84 Å². The van der Waals surface area contributed by atoms with E-state index in [0.29, 0.717) is 0 Å². The molecule has 3 heteroatoms. The van der Waals surface area contributed by atoms with Crippen molar-refractivity contribution in [1.82, 2.24) is 0 Å². The van der Waals surface area contributed by atoms with E-state index in [-0.39, 0.29) is 0 Å². The van der Waals surface area contributed by atoms with Gasteiger partial charge in [0.05, 0.1) is 13.2 Å². The maximum atomic E-state index is 9.97. The highest BCUT2D eigenvalue weighted by atomic mass is 32.2. The molecule has 0 aliphatic heterocycles. The van der Waals surface area contributed by atoms with Crippen molar-refractivity contribution in [2.75, 3.05) is 7.11 Å². The number of hydrogen-bond acceptors (Lipinski definition) is 3. The maximum Gasteiger partial charge on any atom is 0.125 e. The molecule has 2 aromatic carbocycles. The van der Waals surface area contributed by atoms with Crippen molar-refractivity contribution in [3.8, 4) is 5.75 Å². The van der Waals surface area contributed by atoms with E-state index in [1.54, 1.807) is 25.8 Å². The minimum Gasteiger partial charge on any atom is -0.496 e. The number of ether oxygens (including phenoxy) is 1. The lowest BCUT2D eigenvalue weighted by atomic mass is 10.1. The standard InChI is InChI=1S/C16H18O2S/c1-11-7-4-5-9-14(11)19-15-10-6-8-13(18-3)16(15)12(2)17/h4-10,12,17H,1-3H3. The molecule has 2 nitrogen and oxygen atoms in total.